The lowest BCUT2D eigenvalue weighted by Crippen LogP contribution is -2.80. The van der Waals surface area contributed by atoms with Gasteiger partial charge < -0.3 is 41.0 Å². The van der Waals surface area contributed by atoms with E-state index < -0.39 is 63.9 Å². The van der Waals surface area contributed by atoms with E-state index in [9.17, 15) is 24.6 Å². The summed E-state index contributed by atoms with van der Waals surface area (Å²) in [4.78, 5) is 39.0. The summed E-state index contributed by atoms with van der Waals surface area (Å²) < 4.78 is 17.7. The number of ether oxygens (including phenoxy) is 3. The van der Waals surface area contributed by atoms with E-state index >= 15 is 0 Å². The van der Waals surface area contributed by atoms with Crippen LogP contribution < -0.4 is 11.1 Å². The molecule has 0 radical (unpaired) electrons. The van der Waals surface area contributed by atoms with Crippen LogP contribution in [0.5, 0.6) is 0 Å². The highest BCUT2D eigenvalue weighted by Crippen LogP contribution is 2.68. The van der Waals surface area contributed by atoms with Crippen LogP contribution in [0.2, 0.25) is 0 Å². The molecule has 3 aliphatic rings. The van der Waals surface area contributed by atoms with Gasteiger partial charge in [0.05, 0.1) is 29.6 Å². The van der Waals surface area contributed by atoms with E-state index in [2.05, 4.69) is 11.9 Å². The number of aliphatic hydroxyl groups excluding tert-OH is 1. The van der Waals surface area contributed by atoms with Gasteiger partial charge in [0.2, 0.25) is 5.79 Å². The Balaban J connectivity index is 0.00000380. The van der Waals surface area contributed by atoms with E-state index in [1.165, 1.54) is 6.08 Å². The largest absolute Gasteiger partial charge is 0.441 e. The third-order valence-electron chi connectivity index (χ3n) is 8.85. The molecule has 2 saturated carbocycles. The zero-order chi connectivity index (χ0) is 28.4. The molecule has 226 valence electrons. The van der Waals surface area contributed by atoms with Gasteiger partial charge in [-0.2, -0.15) is 0 Å². The Morgan fingerprint density at radius 1 is 1.21 bits per heavy atom. The van der Waals surface area contributed by atoms with Crippen LogP contribution in [0.1, 0.15) is 74.7 Å². The number of fused-ring (bicyclic) bond motifs is 3. The van der Waals surface area contributed by atoms with Crippen molar-refractivity contribution in [1.82, 2.24) is 5.32 Å². The first-order valence-electron chi connectivity index (χ1n) is 12.9. The predicted molar refractivity (Wildman–Crippen MR) is 146 cm³/mol. The summed E-state index contributed by atoms with van der Waals surface area (Å²) in [5.41, 5.74) is 0.142. The highest BCUT2D eigenvalue weighted by atomic mass is 35.5. The molecule has 1 amide bonds. The quantitative estimate of drug-likeness (QED) is 0.214. The fourth-order valence-electron chi connectivity index (χ4n) is 7.37. The Morgan fingerprint density at radius 3 is 2.26 bits per heavy atom. The zero-order valence-corrected chi connectivity index (χ0v) is 25.1. The molecular weight excluding hydrogens is 532 g/mol. The summed E-state index contributed by atoms with van der Waals surface area (Å²) in [6, 6.07) is 0. The van der Waals surface area contributed by atoms with Gasteiger partial charge in [-0.15, -0.1) is 19.0 Å². The molecule has 8 atom stereocenters. The van der Waals surface area contributed by atoms with Gasteiger partial charge in [-0.3, -0.25) is 9.59 Å². The lowest BCUT2D eigenvalue weighted by molar-refractivity contribution is -0.378. The number of carbonyl (C=O) groups is 3. The lowest BCUT2D eigenvalue weighted by Gasteiger charge is -2.69. The first kappa shape index (κ1) is 35.3. The fraction of sp³-hybridized carbons (Fsp3) is 0.815. The van der Waals surface area contributed by atoms with E-state index in [1.807, 2.05) is 34.6 Å². The minimum atomic E-state index is -2.12. The summed E-state index contributed by atoms with van der Waals surface area (Å²) in [6.45, 7) is 18.0. The molecule has 2 aliphatic carbocycles. The van der Waals surface area contributed by atoms with E-state index in [0.29, 0.717) is 6.42 Å². The van der Waals surface area contributed by atoms with Crippen LogP contribution in [0.25, 0.3) is 0 Å². The Morgan fingerprint density at radius 2 is 1.77 bits per heavy atom. The number of ketones is 1. The Hall–Kier alpha value is -1.76. The molecule has 11 nitrogen and oxygen atoms in total. The van der Waals surface area contributed by atoms with Crippen LogP contribution in [0.15, 0.2) is 12.7 Å². The third kappa shape index (κ3) is 5.85. The van der Waals surface area contributed by atoms with Crippen molar-refractivity contribution in [1.29, 1.82) is 0 Å². The number of hydrogen-bond acceptors (Lipinski definition) is 9. The van der Waals surface area contributed by atoms with Crippen molar-refractivity contribution in [2.75, 3.05) is 6.54 Å². The zero-order valence-electron chi connectivity index (χ0n) is 24.3. The molecule has 1 heterocycles. The minimum absolute atomic E-state index is 0. The molecule has 3 fully saturated rings. The summed E-state index contributed by atoms with van der Waals surface area (Å²) in [6.07, 6.45) is -2.01. The summed E-state index contributed by atoms with van der Waals surface area (Å²) in [7, 11) is 0. The maximum atomic E-state index is 14.0. The topological polar surface area (TPSA) is 189 Å². The van der Waals surface area contributed by atoms with E-state index in [0.717, 1.165) is 0 Å². The van der Waals surface area contributed by atoms with Crippen molar-refractivity contribution in [3.05, 3.63) is 12.7 Å². The molecule has 1 saturated heterocycles. The SMILES string of the molecule is C=C[C@@]1(C)CC(=O)[C@H]2[C@](C)(O1)[C@@H](OC(N)=O)[C@@H](O)[C@H]1C(C)(C)CC[C@@](O)(OC(=O)CNC(C)(C)C)[C@@]12C.Cl.O. The molecular formula is C27H47ClN2O9. The highest BCUT2D eigenvalue weighted by Gasteiger charge is 2.78. The monoisotopic (exact) mass is 578 g/mol. The van der Waals surface area contributed by atoms with Crippen molar-refractivity contribution >= 4 is 30.3 Å². The number of esters is 1. The highest BCUT2D eigenvalue weighted by molar-refractivity contribution is 5.86. The average molecular weight is 579 g/mol. The second kappa shape index (κ2) is 10.9. The number of nitrogens with two attached hydrogens (primary N) is 1. The first-order valence-corrected chi connectivity index (χ1v) is 12.9. The molecule has 7 N–H and O–H groups in total. The number of nitrogens with one attached hydrogen (secondary N) is 1. The number of halogens is 1. The second-order valence-corrected chi connectivity index (χ2v) is 13.3. The maximum absolute atomic E-state index is 14.0. The van der Waals surface area contributed by atoms with Gasteiger partial charge in [0.15, 0.2) is 6.10 Å². The number of Topliss-reactive ketones (excluding diaryl/α,β-unsaturated/α-hetero) is 1. The van der Waals surface area contributed by atoms with Crippen LogP contribution in [0.3, 0.4) is 0 Å². The first-order chi connectivity index (χ1) is 16.7. The molecule has 12 heteroatoms. The molecule has 39 heavy (non-hydrogen) atoms. The van der Waals surface area contributed by atoms with Crippen molar-refractivity contribution < 1.29 is 44.3 Å². The Kier molecular flexibility index (Phi) is 9.86. The number of amides is 1. The van der Waals surface area contributed by atoms with Crippen LogP contribution in [-0.2, 0) is 23.8 Å². The van der Waals surface area contributed by atoms with Gasteiger partial charge in [-0.05, 0) is 46.5 Å². The van der Waals surface area contributed by atoms with Gasteiger partial charge in [0.1, 0.15) is 11.4 Å². The molecule has 1 aliphatic heterocycles. The minimum Gasteiger partial charge on any atom is -0.441 e. The van der Waals surface area contributed by atoms with Gasteiger partial charge in [0.25, 0.3) is 0 Å². The molecule has 0 spiro atoms. The van der Waals surface area contributed by atoms with Gasteiger partial charge in [-0.1, -0.05) is 26.8 Å². The van der Waals surface area contributed by atoms with Crippen LogP contribution in [0.4, 0.5) is 4.79 Å². The van der Waals surface area contributed by atoms with Crippen LogP contribution >= 0.6 is 12.4 Å². The van der Waals surface area contributed by atoms with Crippen LogP contribution in [-0.4, -0.2) is 74.8 Å². The number of hydrogen-bond donors (Lipinski definition) is 4. The van der Waals surface area contributed by atoms with Gasteiger partial charge >= 0.3 is 12.1 Å². The van der Waals surface area contributed by atoms with Crippen molar-refractivity contribution in [3.63, 3.8) is 0 Å². The fourth-order valence-corrected chi connectivity index (χ4v) is 7.37. The predicted octanol–water partition coefficient (Wildman–Crippen LogP) is 1.79. The standard InChI is InChI=1S/C27H44N2O8.ClH.H2O/c1-10-24(7)13-15(30)18-25(8)19(17(32)20(35-21(28)33)26(18,9)37-24)23(5,6)11-12-27(25,34)36-16(31)14-29-22(2,3)4;;/h10,17-20,29,32,34H,1,11-14H2,2-9H3,(H2,28,33);1H;1H2/t17-,18+,19-,20-,24-,25+,26-,27+;;/m0../s1. The van der Waals surface area contributed by atoms with Crippen molar-refractivity contribution in [3.8, 4) is 0 Å². The summed E-state index contributed by atoms with van der Waals surface area (Å²) in [5, 5.41) is 27.0. The molecule has 0 unspecified atom stereocenters. The molecule has 3 rings (SSSR count). The van der Waals surface area contributed by atoms with Crippen molar-refractivity contribution in [2.24, 2.45) is 28.4 Å². The molecule has 0 aromatic heterocycles. The Labute approximate surface area is 236 Å². The average Bonchev–Trinajstić information content (AvgIpc) is 2.71. The number of rotatable bonds is 5. The second-order valence-electron chi connectivity index (χ2n) is 13.3. The third-order valence-corrected chi connectivity index (χ3v) is 8.85. The number of aliphatic hydroxyl groups is 2. The molecule has 0 aromatic carbocycles. The maximum Gasteiger partial charge on any atom is 0.404 e. The summed E-state index contributed by atoms with van der Waals surface area (Å²) >= 11 is 0. The van der Waals surface area contributed by atoms with E-state index in [1.54, 1.807) is 20.8 Å². The van der Waals surface area contributed by atoms with Crippen LogP contribution in [0, 0.1) is 22.7 Å². The lowest BCUT2D eigenvalue weighted by atomic mass is 9.40. The number of primary amides is 1. The summed E-state index contributed by atoms with van der Waals surface area (Å²) in [5.74, 6) is -5.03. The van der Waals surface area contributed by atoms with Gasteiger partial charge in [0, 0.05) is 24.3 Å². The number of carbonyl (C=O) groups excluding carboxylic acids is 3. The normalized spacial score (nSPS) is 41.0. The Bertz CT molecular complexity index is 985. The molecule has 0 aromatic rings. The van der Waals surface area contributed by atoms with Gasteiger partial charge in [-0.25, -0.2) is 4.79 Å². The van der Waals surface area contributed by atoms with Crippen molar-refractivity contribution in [2.45, 2.75) is 109 Å². The molecule has 0 bridgehead atoms. The van der Waals surface area contributed by atoms with E-state index in [4.69, 9.17) is 19.9 Å². The smallest absolute Gasteiger partial charge is 0.404 e. The van der Waals surface area contributed by atoms with E-state index in [-0.39, 0.29) is 48.6 Å².